The zero-order valence-corrected chi connectivity index (χ0v) is 14.9. The number of amides is 2. The zero-order chi connectivity index (χ0) is 17.8. The van der Waals surface area contributed by atoms with Crippen LogP contribution in [0, 0.1) is 0 Å². The predicted octanol–water partition coefficient (Wildman–Crippen LogP) is 2.35. The van der Waals surface area contributed by atoms with Gasteiger partial charge in [-0.25, -0.2) is 0 Å². The molecule has 9 heteroatoms. The molecule has 25 heavy (non-hydrogen) atoms. The first-order chi connectivity index (χ1) is 12.0. The smallest absolute Gasteiger partial charge is 0.277 e. The van der Waals surface area contributed by atoms with Crippen molar-refractivity contribution < 1.29 is 14.0 Å². The average molecular weight is 381 g/mol. The summed E-state index contributed by atoms with van der Waals surface area (Å²) in [6.07, 6.45) is 2.40. The van der Waals surface area contributed by atoms with Gasteiger partial charge in [0, 0.05) is 17.1 Å². The van der Waals surface area contributed by atoms with E-state index in [9.17, 15) is 9.59 Å². The van der Waals surface area contributed by atoms with Gasteiger partial charge in [-0.3, -0.25) is 9.59 Å². The summed E-state index contributed by atoms with van der Waals surface area (Å²) in [6.45, 7) is 0.548. The molecule has 1 aromatic heterocycles. The van der Waals surface area contributed by atoms with Gasteiger partial charge in [0.25, 0.3) is 5.22 Å². The van der Waals surface area contributed by atoms with Crippen LogP contribution in [0.4, 0.5) is 0 Å². The molecule has 1 aliphatic rings. The molecule has 1 saturated heterocycles. The minimum absolute atomic E-state index is 0.117. The summed E-state index contributed by atoms with van der Waals surface area (Å²) >= 11 is 7.00. The molecule has 132 valence electrons. The van der Waals surface area contributed by atoms with Crippen molar-refractivity contribution in [2.45, 2.75) is 30.5 Å². The highest BCUT2D eigenvalue weighted by Crippen LogP contribution is 2.25. The number of rotatable bonds is 5. The van der Waals surface area contributed by atoms with E-state index in [-0.39, 0.29) is 11.7 Å². The minimum Gasteiger partial charge on any atom is -0.411 e. The standard InChI is InChI=1S/C16H17ClN4O3S/c17-11-6-4-10(5-7-11)15-19-20-16(24-15)25-9-13(22)21-8-2-1-3-12(21)14(18)23/h4-7,12H,1-3,8-9H2,(H2,18,23). The number of nitrogens with zero attached hydrogens (tertiary/aromatic N) is 3. The molecule has 2 aromatic rings. The van der Waals surface area contributed by atoms with Crippen LogP contribution in [0.25, 0.3) is 11.5 Å². The van der Waals surface area contributed by atoms with Crippen LogP contribution in [0.3, 0.4) is 0 Å². The van der Waals surface area contributed by atoms with Crippen LogP contribution < -0.4 is 5.73 Å². The lowest BCUT2D eigenvalue weighted by molar-refractivity contribution is -0.138. The van der Waals surface area contributed by atoms with E-state index in [0.29, 0.717) is 29.1 Å². The molecule has 3 rings (SSSR count). The van der Waals surface area contributed by atoms with Crippen LogP contribution in [-0.2, 0) is 9.59 Å². The topological polar surface area (TPSA) is 102 Å². The molecule has 0 saturated carbocycles. The lowest BCUT2D eigenvalue weighted by Gasteiger charge is -2.33. The molecule has 1 fully saturated rings. The third-order valence-electron chi connectivity index (χ3n) is 3.97. The van der Waals surface area contributed by atoms with Gasteiger partial charge in [0.05, 0.1) is 5.75 Å². The van der Waals surface area contributed by atoms with E-state index in [1.54, 1.807) is 29.2 Å². The van der Waals surface area contributed by atoms with E-state index in [1.165, 1.54) is 0 Å². The summed E-state index contributed by atoms with van der Waals surface area (Å²) in [7, 11) is 0. The Kier molecular flexibility index (Phi) is 5.60. The minimum atomic E-state index is -0.519. The molecule has 2 amide bonds. The molecule has 1 aliphatic heterocycles. The molecule has 2 N–H and O–H groups in total. The monoisotopic (exact) mass is 380 g/mol. The number of thioether (sulfide) groups is 1. The van der Waals surface area contributed by atoms with E-state index in [0.717, 1.165) is 30.2 Å². The SMILES string of the molecule is NC(=O)C1CCCCN1C(=O)CSc1nnc(-c2ccc(Cl)cc2)o1. The van der Waals surface area contributed by atoms with Crippen molar-refractivity contribution in [1.82, 2.24) is 15.1 Å². The first-order valence-corrected chi connectivity index (χ1v) is 9.22. The highest BCUT2D eigenvalue weighted by Gasteiger charge is 2.30. The van der Waals surface area contributed by atoms with Gasteiger partial charge >= 0.3 is 0 Å². The summed E-state index contributed by atoms with van der Waals surface area (Å²) in [4.78, 5) is 25.4. The number of primary amides is 1. The van der Waals surface area contributed by atoms with Crippen LogP contribution in [0.15, 0.2) is 33.9 Å². The summed E-state index contributed by atoms with van der Waals surface area (Å²) < 4.78 is 5.56. The summed E-state index contributed by atoms with van der Waals surface area (Å²) in [6, 6.07) is 6.51. The van der Waals surface area contributed by atoms with Crippen molar-refractivity contribution in [1.29, 1.82) is 0 Å². The Hall–Kier alpha value is -2.06. The third-order valence-corrected chi connectivity index (χ3v) is 5.02. The Morgan fingerprint density at radius 1 is 1.28 bits per heavy atom. The number of piperidine rings is 1. The van der Waals surface area contributed by atoms with Gasteiger partial charge in [-0.2, -0.15) is 0 Å². The van der Waals surface area contributed by atoms with Gasteiger partial charge in [-0.05, 0) is 43.5 Å². The Labute approximate surface area is 153 Å². The van der Waals surface area contributed by atoms with Crippen LogP contribution in [0.1, 0.15) is 19.3 Å². The lowest BCUT2D eigenvalue weighted by Crippen LogP contribution is -2.51. The second-order valence-electron chi connectivity index (χ2n) is 5.67. The fourth-order valence-corrected chi connectivity index (χ4v) is 3.48. The number of nitrogens with two attached hydrogens (primary N) is 1. The first-order valence-electron chi connectivity index (χ1n) is 7.85. The summed E-state index contributed by atoms with van der Waals surface area (Å²) in [5.74, 6) is -0.133. The predicted molar refractivity (Wildman–Crippen MR) is 94.0 cm³/mol. The fraction of sp³-hybridized carbons (Fsp3) is 0.375. The maximum Gasteiger partial charge on any atom is 0.277 e. The number of aromatic nitrogens is 2. The van der Waals surface area contributed by atoms with Crippen LogP contribution >= 0.6 is 23.4 Å². The van der Waals surface area contributed by atoms with Gasteiger partial charge < -0.3 is 15.1 Å². The zero-order valence-electron chi connectivity index (χ0n) is 13.4. The van der Waals surface area contributed by atoms with E-state index < -0.39 is 11.9 Å². The fourth-order valence-electron chi connectivity index (χ4n) is 2.71. The number of hydrogen-bond acceptors (Lipinski definition) is 6. The van der Waals surface area contributed by atoms with Crippen LogP contribution in [0.5, 0.6) is 0 Å². The molecule has 0 bridgehead atoms. The third kappa shape index (κ3) is 4.32. The van der Waals surface area contributed by atoms with E-state index in [1.807, 2.05) is 0 Å². The van der Waals surface area contributed by atoms with Gasteiger partial charge in [0.2, 0.25) is 17.7 Å². The quantitative estimate of drug-likeness (QED) is 0.799. The number of carbonyl (C=O) groups excluding carboxylic acids is 2. The molecule has 0 radical (unpaired) electrons. The van der Waals surface area contributed by atoms with E-state index >= 15 is 0 Å². The molecule has 1 unspecified atom stereocenters. The van der Waals surface area contributed by atoms with E-state index in [4.69, 9.17) is 21.8 Å². The molecular formula is C16H17ClN4O3S. The first kappa shape index (κ1) is 17.8. The summed E-state index contributed by atoms with van der Waals surface area (Å²) in [5, 5.41) is 8.82. The molecule has 7 nitrogen and oxygen atoms in total. The second-order valence-corrected chi connectivity index (χ2v) is 7.03. The largest absolute Gasteiger partial charge is 0.411 e. The molecule has 0 spiro atoms. The van der Waals surface area contributed by atoms with Crippen molar-refractivity contribution in [2.75, 3.05) is 12.3 Å². The average Bonchev–Trinajstić information content (AvgIpc) is 3.09. The Bertz CT molecular complexity index is 765. The normalized spacial score (nSPS) is 17.5. The van der Waals surface area contributed by atoms with Crippen LogP contribution in [-0.4, -0.2) is 45.3 Å². The Morgan fingerprint density at radius 2 is 2.04 bits per heavy atom. The molecular weight excluding hydrogens is 364 g/mol. The maximum absolute atomic E-state index is 12.4. The van der Waals surface area contributed by atoms with Gasteiger partial charge in [0.15, 0.2) is 0 Å². The molecule has 0 aliphatic carbocycles. The molecule has 1 atom stereocenters. The number of hydrogen-bond donors (Lipinski definition) is 1. The van der Waals surface area contributed by atoms with Gasteiger partial charge in [-0.1, -0.05) is 23.4 Å². The molecule has 1 aromatic carbocycles. The van der Waals surface area contributed by atoms with Gasteiger partial charge in [0.1, 0.15) is 6.04 Å². The van der Waals surface area contributed by atoms with Crippen LogP contribution in [0.2, 0.25) is 5.02 Å². The summed E-state index contributed by atoms with van der Waals surface area (Å²) in [5.41, 5.74) is 6.14. The Balaban J connectivity index is 1.61. The lowest BCUT2D eigenvalue weighted by atomic mass is 10.0. The van der Waals surface area contributed by atoms with Crippen molar-refractivity contribution in [2.24, 2.45) is 5.73 Å². The van der Waals surface area contributed by atoms with Crippen molar-refractivity contribution in [3.8, 4) is 11.5 Å². The van der Waals surface area contributed by atoms with Crippen molar-refractivity contribution in [3.63, 3.8) is 0 Å². The number of halogens is 1. The van der Waals surface area contributed by atoms with Gasteiger partial charge in [-0.15, -0.1) is 10.2 Å². The maximum atomic E-state index is 12.4. The van der Waals surface area contributed by atoms with Crippen molar-refractivity contribution in [3.05, 3.63) is 29.3 Å². The second kappa shape index (κ2) is 7.88. The highest BCUT2D eigenvalue weighted by molar-refractivity contribution is 7.99. The molecule has 2 heterocycles. The van der Waals surface area contributed by atoms with Crippen molar-refractivity contribution >= 4 is 35.2 Å². The number of likely N-dealkylation sites (tertiary alicyclic amines) is 1. The highest BCUT2D eigenvalue weighted by atomic mass is 35.5. The van der Waals surface area contributed by atoms with E-state index in [2.05, 4.69) is 10.2 Å². The number of carbonyl (C=O) groups is 2. The number of benzene rings is 1. The Morgan fingerprint density at radius 3 is 2.76 bits per heavy atom.